The van der Waals surface area contributed by atoms with Gasteiger partial charge in [-0.1, -0.05) is 15.9 Å². The van der Waals surface area contributed by atoms with E-state index in [1.807, 2.05) is 0 Å². The molecule has 1 aromatic rings. The quantitative estimate of drug-likeness (QED) is 0.539. The van der Waals surface area contributed by atoms with Crippen LogP contribution in [0.25, 0.3) is 0 Å². The van der Waals surface area contributed by atoms with Crippen LogP contribution in [-0.4, -0.2) is 17.3 Å². The van der Waals surface area contributed by atoms with Crippen molar-refractivity contribution in [1.29, 1.82) is 0 Å². The maximum absolute atomic E-state index is 8.95. The van der Waals surface area contributed by atoms with Gasteiger partial charge in [0.25, 0.3) is 0 Å². The summed E-state index contributed by atoms with van der Waals surface area (Å²) in [7, 11) is 1.46. The molecule has 5 heteroatoms. The van der Waals surface area contributed by atoms with Crippen LogP contribution in [0.3, 0.4) is 0 Å². The molecular weight excluding hydrogens is 238 g/mol. The summed E-state index contributed by atoms with van der Waals surface area (Å²) in [4.78, 5) is 0. The van der Waals surface area contributed by atoms with Crippen LogP contribution < -0.4 is 10.5 Å². The lowest BCUT2D eigenvalue weighted by Gasteiger charge is -2.12. The maximum atomic E-state index is 8.95. The third-order valence-electron chi connectivity index (χ3n) is 1.64. The number of ether oxygens (including phenoxy) is 1. The van der Waals surface area contributed by atoms with Crippen molar-refractivity contribution in [1.82, 2.24) is 0 Å². The molecule has 0 amide bonds. The Hall–Kier alpha value is -0.780. The van der Waals surface area contributed by atoms with Gasteiger partial charge in [-0.3, -0.25) is 0 Å². The van der Waals surface area contributed by atoms with Gasteiger partial charge in [0.15, 0.2) is 6.29 Å². The molecule has 0 spiro atoms. The Balaban J connectivity index is 3.27. The normalized spacial score (nSPS) is 10.5. The topological polar surface area (TPSA) is 75.7 Å². The van der Waals surface area contributed by atoms with Gasteiger partial charge in [-0.15, -0.1) is 0 Å². The van der Waals surface area contributed by atoms with Gasteiger partial charge in [0, 0.05) is 10.0 Å². The van der Waals surface area contributed by atoms with Crippen molar-refractivity contribution in [3.8, 4) is 5.75 Å². The Bertz CT molecular complexity index is 315. The first-order valence-electron chi connectivity index (χ1n) is 3.55. The third kappa shape index (κ3) is 2.12. The number of aliphatic hydroxyl groups is 2. The van der Waals surface area contributed by atoms with Crippen LogP contribution in [0, 0.1) is 0 Å². The van der Waals surface area contributed by atoms with Crippen LogP contribution in [0.15, 0.2) is 16.6 Å². The number of halogens is 1. The van der Waals surface area contributed by atoms with Crippen LogP contribution in [0.5, 0.6) is 5.75 Å². The summed E-state index contributed by atoms with van der Waals surface area (Å²) in [5, 5.41) is 17.9. The number of hydrogen-bond donors (Lipinski definition) is 3. The lowest BCUT2D eigenvalue weighted by atomic mass is 10.1. The average molecular weight is 248 g/mol. The lowest BCUT2D eigenvalue weighted by Crippen LogP contribution is -2.03. The molecule has 0 fully saturated rings. The Morgan fingerprint density at radius 3 is 2.54 bits per heavy atom. The smallest absolute Gasteiger partial charge is 0.180 e. The molecule has 0 heterocycles. The van der Waals surface area contributed by atoms with Gasteiger partial charge in [-0.2, -0.15) is 0 Å². The van der Waals surface area contributed by atoms with Crippen LogP contribution in [0.2, 0.25) is 0 Å². The Kier molecular flexibility index (Phi) is 3.13. The monoisotopic (exact) mass is 247 g/mol. The zero-order valence-electron chi connectivity index (χ0n) is 6.99. The first-order valence-corrected chi connectivity index (χ1v) is 4.34. The summed E-state index contributed by atoms with van der Waals surface area (Å²) in [5.74, 6) is 0.414. The zero-order valence-corrected chi connectivity index (χ0v) is 8.58. The summed E-state index contributed by atoms with van der Waals surface area (Å²) < 4.78 is 5.62. The SMILES string of the molecule is COc1cc(Br)cc(C(O)O)c1N. The average Bonchev–Trinajstić information content (AvgIpc) is 2.08. The standard InChI is InChI=1S/C8H10BrNO3/c1-13-6-3-4(9)2-5(7(6)10)8(11)12/h2-3,8,11-12H,10H2,1H3. The van der Waals surface area contributed by atoms with Crippen LogP contribution in [-0.2, 0) is 0 Å². The molecule has 0 atom stereocenters. The second kappa shape index (κ2) is 3.95. The molecule has 0 aromatic heterocycles. The molecule has 0 radical (unpaired) electrons. The zero-order chi connectivity index (χ0) is 10.0. The second-order valence-corrected chi connectivity index (χ2v) is 3.40. The molecule has 0 aliphatic rings. The van der Waals surface area contributed by atoms with E-state index in [-0.39, 0.29) is 11.3 Å². The highest BCUT2D eigenvalue weighted by Crippen LogP contribution is 2.32. The van der Waals surface area contributed by atoms with E-state index in [0.717, 1.165) is 0 Å². The van der Waals surface area contributed by atoms with Crippen molar-refractivity contribution in [2.24, 2.45) is 0 Å². The van der Waals surface area contributed by atoms with Gasteiger partial charge < -0.3 is 20.7 Å². The van der Waals surface area contributed by atoms with E-state index >= 15 is 0 Å². The lowest BCUT2D eigenvalue weighted by molar-refractivity contribution is -0.0420. The molecule has 0 saturated heterocycles. The first-order chi connectivity index (χ1) is 6.06. The number of benzene rings is 1. The van der Waals surface area contributed by atoms with Crippen molar-refractivity contribution < 1.29 is 14.9 Å². The van der Waals surface area contributed by atoms with Gasteiger partial charge >= 0.3 is 0 Å². The molecule has 0 saturated carbocycles. The van der Waals surface area contributed by atoms with E-state index in [2.05, 4.69) is 15.9 Å². The molecule has 4 N–H and O–H groups in total. The van der Waals surface area contributed by atoms with Gasteiger partial charge in [0.1, 0.15) is 5.75 Å². The number of nitrogens with two attached hydrogens (primary N) is 1. The Labute approximate surface area is 84.1 Å². The van der Waals surface area contributed by atoms with Crippen LogP contribution >= 0.6 is 15.9 Å². The van der Waals surface area contributed by atoms with Gasteiger partial charge in [0.05, 0.1) is 12.8 Å². The number of nitrogen functional groups attached to an aromatic ring is 1. The largest absolute Gasteiger partial charge is 0.495 e. The fourth-order valence-electron chi connectivity index (χ4n) is 0.996. The van der Waals surface area contributed by atoms with Gasteiger partial charge in [-0.25, -0.2) is 0 Å². The van der Waals surface area contributed by atoms with E-state index in [4.69, 9.17) is 20.7 Å². The Morgan fingerprint density at radius 1 is 1.46 bits per heavy atom. The van der Waals surface area contributed by atoms with E-state index in [1.54, 1.807) is 6.07 Å². The number of methoxy groups -OCH3 is 1. The predicted molar refractivity (Wildman–Crippen MR) is 52.3 cm³/mol. The highest BCUT2D eigenvalue weighted by Gasteiger charge is 2.12. The van der Waals surface area contributed by atoms with Gasteiger partial charge in [-0.05, 0) is 12.1 Å². The van der Waals surface area contributed by atoms with Crippen LogP contribution in [0.4, 0.5) is 5.69 Å². The van der Waals surface area contributed by atoms with Crippen molar-refractivity contribution in [3.05, 3.63) is 22.2 Å². The van der Waals surface area contributed by atoms with Crippen molar-refractivity contribution >= 4 is 21.6 Å². The highest BCUT2D eigenvalue weighted by atomic mass is 79.9. The molecule has 4 nitrogen and oxygen atoms in total. The second-order valence-electron chi connectivity index (χ2n) is 2.48. The molecule has 0 aliphatic heterocycles. The molecule has 0 aliphatic carbocycles. The van der Waals surface area contributed by atoms with Crippen molar-refractivity contribution in [3.63, 3.8) is 0 Å². The predicted octanol–water partition coefficient (Wildman–Crippen LogP) is 1.02. The van der Waals surface area contributed by atoms with Crippen molar-refractivity contribution in [2.45, 2.75) is 6.29 Å². The highest BCUT2D eigenvalue weighted by molar-refractivity contribution is 9.10. The summed E-state index contributed by atoms with van der Waals surface area (Å²) >= 11 is 3.20. The van der Waals surface area contributed by atoms with Crippen LogP contribution in [0.1, 0.15) is 11.9 Å². The molecule has 0 unspecified atom stereocenters. The number of hydrogen-bond acceptors (Lipinski definition) is 4. The molecule has 72 valence electrons. The molecule has 13 heavy (non-hydrogen) atoms. The van der Waals surface area contributed by atoms with E-state index in [9.17, 15) is 0 Å². The Morgan fingerprint density at radius 2 is 2.08 bits per heavy atom. The van der Waals surface area contributed by atoms with E-state index in [0.29, 0.717) is 10.2 Å². The minimum Gasteiger partial charge on any atom is -0.495 e. The maximum Gasteiger partial charge on any atom is 0.180 e. The van der Waals surface area contributed by atoms with Crippen molar-refractivity contribution in [2.75, 3.05) is 12.8 Å². The first kappa shape index (κ1) is 10.3. The fourth-order valence-corrected chi connectivity index (χ4v) is 1.45. The fraction of sp³-hybridized carbons (Fsp3) is 0.250. The minimum absolute atomic E-state index is 0.228. The summed E-state index contributed by atoms with van der Waals surface area (Å²) in [5.41, 5.74) is 6.06. The molecule has 0 bridgehead atoms. The third-order valence-corrected chi connectivity index (χ3v) is 2.09. The summed E-state index contributed by atoms with van der Waals surface area (Å²) in [6.45, 7) is 0. The molecule has 1 rings (SSSR count). The minimum atomic E-state index is -1.59. The number of anilines is 1. The molecular formula is C8H10BrNO3. The van der Waals surface area contributed by atoms with E-state index in [1.165, 1.54) is 13.2 Å². The summed E-state index contributed by atoms with van der Waals surface area (Å²) in [6, 6.07) is 3.18. The van der Waals surface area contributed by atoms with E-state index < -0.39 is 6.29 Å². The number of aliphatic hydroxyl groups excluding tert-OH is 1. The molecule has 1 aromatic carbocycles. The summed E-state index contributed by atoms with van der Waals surface area (Å²) in [6.07, 6.45) is -1.59. The number of rotatable bonds is 2. The van der Waals surface area contributed by atoms with Gasteiger partial charge in [0.2, 0.25) is 0 Å².